The lowest BCUT2D eigenvalue weighted by Gasteiger charge is -2.01. The van der Waals surface area contributed by atoms with Crippen LogP contribution in [0.25, 0.3) is 11.0 Å². The molecule has 15 heavy (non-hydrogen) atoms. The average Bonchev–Trinajstić information content (AvgIpc) is 2.83. The first-order valence-electron chi connectivity index (χ1n) is 4.86. The van der Waals surface area contributed by atoms with Crippen molar-refractivity contribution in [2.45, 2.75) is 19.3 Å². The molecule has 5 nitrogen and oxygen atoms in total. The number of H-pyrrole nitrogens is 1. The van der Waals surface area contributed by atoms with Gasteiger partial charge >= 0.3 is 0 Å². The fourth-order valence-electron chi connectivity index (χ4n) is 2.20. The van der Waals surface area contributed by atoms with Crippen LogP contribution in [0.15, 0.2) is 0 Å². The van der Waals surface area contributed by atoms with Gasteiger partial charge in [-0.25, -0.2) is 4.98 Å². The van der Waals surface area contributed by atoms with Crippen LogP contribution < -0.4 is 5.73 Å². The van der Waals surface area contributed by atoms with Crippen LogP contribution in [0.1, 0.15) is 23.2 Å². The quantitative estimate of drug-likeness (QED) is 0.659. The van der Waals surface area contributed by atoms with Crippen molar-refractivity contribution >= 4 is 16.9 Å². The van der Waals surface area contributed by atoms with Crippen LogP contribution in [0, 0.1) is 11.3 Å². The molecule has 0 aliphatic heterocycles. The Morgan fingerprint density at radius 1 is 1.40 bits per heavy atom. The standard InChI is InChI=1S/C10H9N5/c11-4-6-5-2-1-3-7(5)13-10-8(6)9(12)14-15-10/h1-3H2,(H3,12,13,14,15). The fraction of sp³-hybridized carbons (Fsp3) is 0.300. The van der Waals surface area contributed by atoms with Crippen LogP contribution >= 0.6 is 0 Å². The zero-order chi connectivity index (χ0) is 10.4. The topological polar surface area (TPSA) is 91.4 Å². The van der Waals surface area contributed by atoms with Gasteiger partial charge < -0.3 is 5.73 Å². The molecule has 0 atom stereocenters. The number of hydrogen-bond donors (Lipinski definition) is 2. The smallest absolute Gasteiger partial charge is 0.184 e. The van der Waals surface area contributed by atoms with Gasteiger partial charge in [-0.3, -0.25) is 5.10 Å². The number of aromatic amines is 1. The molecule has 0 saturated carbocycles. The largest absolute Gasteiger partial charge is 0.383 e. The molecule has 0 fully saturated rings. The number of rotatable bonds is 0. The Kier molecular flexibility index (Phi) is 1.48. The number of aromatic nitrogens is 3. The summed E-state index contributed by atoms with van der Waals surface area (Å²) >= 11 is 0. The van der Waals surface area contributed by atoms with E-state index in [1.54, 1.807) is 0 Å². The Morgan fingerprint density at radius 2 is 2.27 bits per heavy atom. The molecule has 0 radical (unpaired) electrons. The third-order valence-electron chi connectivity index (χ3n) is 2.87. The monoisotopic (exact) mass is 199 g/mol. The van der Waals surface area contributed by atoms with Gasteiger partial charge in [0, 0.05) is 5.69 Å². The second-order valence-corrected chi connectivity index (χ2v) is 3.71. The minimum atomic E-state index is 0.434. The second-order valence-electron chi connectivity index (χ2n) is 3.71. The van der Waals surface area contributed by atoms with E-state index in [0.29, 0.717) is 22.4 Å². The Bertz CT molecular complexity index is 590. The number of pyridine rings is 1. The second kappa shape index (κ2) is 2.70. The third-order valence-corrected chi connectivity index (χ3v) is 2.87. The molecule has 2 aromatic rings. The Labute approximate surface area is 85.9 Å². The molecule has 0 spiro atoms. The van der Waals surface area contributed by atoms with Crippen LogP contribution in [0.5, 0.6) is 0 Å². The van der Waals surface area contributed by atoms with Crippen LogP contribution in [0.3, 0.4) is 0 Å². The predicted octanol–water partition coefficient (Wildman–Crippen LogP) is 0.900. The van der Waals surface area contributed by atoms with Gasteiger partial charge in [-0.2, -0.15) is 10.4 Å². The van der Waals surface area contributed by atoms with E-state index in [-0.39, 0.29) is 0 Å². The summed E-state index contributed by atoms with van der Waals surface area (Å²) in [6, 6.07) is 2.22. The number of nitrogen functional groups attached to an aromatic ring is 1. The van der Waals surface area contributed by atoms with Gasteiger partial charge in [0.15, 0.2) is 5.65 Å². The van der Waals surface area contributed by atoms with Crippen molar-refractivity contribution in [2.75, 3.05) is 5.73 Å². The van der Waals surface area contributed by atoms with E-state index in [1.165, 1.54) is 0 Å². The summed E-state index contributed by atoms with van der Waals surface area (Å²) in [5.41, 5.74) is 9.01. The molecule has 74 valence electrons. The average molecular weight is 199 g/mol. The number of aryl methyl sites for hydroxylation is 1. The molecule has 0 aromatic carbocycles. The van der Waals surface area contributed by atoms with Gasteiger partial charge in [-0.1, -0.05) is 0 Å². The minimum absolute atomic E-state index is 0.434. The maximum absolute atomic E-state index is 9.17. The molecule has 0 amide bonds. The molecule has 2 heterocycles. The first-order chi connectivity index (χ1) is 7.31. The van der Waals surface area contributed by atoms with Crippen LogP contribution in [0.2, 0.25) is 0 Å². The summed E-state index contributed by atoms with van der Waals surface area (Å²) in [4.78, 5) is 4.41. The molecule has 1 aliphatic rings. The summed E-state index contributed by atoms with van der Waals surface area (Å²) in [5.74, 6) is 0.434. The van der Waals surface area contributed by atoms with E-state index in [2.05, 4.69) is 21.3 Å². The number of nitrogens with two attached hydrogens (primary N) is 1. The minimum Gasteiger partial charge on any atom is -0.383 e. The highest BCUT2D eigenvalue weighted by atomic mass is 15.2. The highest BCUT2D eigenvalue weighted by molar-refractivity contribution is 5.92. The van der Waals surface area contributed by atoms with Crippen LogP contribution in [-0.4, -0.2) is 15.2 Å². The van der Waals surface area contributed by atoms with Gasteiger partial charge in [0.2, 0.25) is 0 Å². The number of anilines is 1. The lowest BCUT2D eigenvalue weighted by Crippen LogP contribution is -1.95. The number of hydrogen-bond acceptors (Lipinski definition) is 4. The van der Waals surface area contributed by atoms with E-state index in [0.717, 1.165) is 30.5 Å². The summed E-state index contributed by atoms with van der Waals surface area (Å²) < 4.78 is 0. The number of fused-ring (bicyclic) bond motifs is 2. The summed E-state index contributed by atoms with van der Waals surface area (Å²) in [6.07, 6.45) is 2.92. The molecular formula is C10H9N5. The molecule has 0 unspecified atom stereocenters. The van der Waals surface area contributed by atoms with E-state index in [4.69, 9.17) is 11.0 Å². The highest BCUT2D eigenvalue weighted by Gasteiger charge is 2.21. The lowest BCUT2D eigenvalue weighted by molar-refractivity contribution is 0.899. The Hall–Kier alpha value is -2.09. The molecule has 0 saturated heterocycles. The van der Waals surface area contributed by atoms with Gasteiger partial charge in [-0.05, 0) is 24.8 Å². The van der Waals surface area contributed by atoms with E-state index < -0.39 is 0 Å². The molecule has 3 N–H and O–H groups in total. The van der Waals surface area contributed by atoms with E-state index in [1.807, 2.05) is 0 Å². The van der Waals surface area contributed by atoms with Crippen molar-refractivity contribution in [3.05, 3.63) is 16.8 Å². The van der Waals surface area contributed by atoms with Gasteiger partial charge in [0.1, 0.15) is 11.9 Å². The van der Waals surface area contributed by atoms with Crippen molar-refractivity contribution in [1.29, 1.82) is 5.26 Å². The number of nitrogens with zero attached hydrogens (tertiary/aromatic N) is 3. The normalized spacial score (nSPS) is 14.1. The van der Waals surface area contributed by atoms with Gasteiger partial charge in [-0.15, -0.1) is 0 Å². The van der Waals surface area contributed by atoms with Gasteiger partial charge in [0.25, 0.3) is 0 Å². The van der Waals surface area contributed by atoms with Crippen molar-refractivity contribution in [2.24, 2.45) is 0 Å². The predicted molar refractivity (Wildman–Crippen MR) is 55.0 cm³/mol. The molecule has 2 aromatic heterocycles. The Balaban J connectivity index is 2.50. The van der Waals surface area contributed by atoms with E-state index >= 15 is 0 Å². The summed E-state index contributed by atoms with van der Waals surface area (Å²) in [6.45, 7) is 0. The molecule has 0 bridgehead atoms. The highest BCUT2D eigenvalue weighted by Crippen LogP contribution is 2.30. The van der Waals surface area contributed by atoms with E-state index in [9.17, 15) is 0 Å². The lowest BCUT2D eigenvalue weighted by atomic mass is 10.1. The first-order valence-corrected chi connectivity index (χ1v) is 4.86. The first kappa shape index (κ1) is 8.24. The number of nitrogens with one attached hydrogen (secondary N) is 1. The van der Waals surface area contributed by atoms with Gasteiger partial charge in [0.05, 0.1) is 10.9 Å². The summed E-state index contributed by atoms with van der Waals surface area (Å²) in [7, 11) is 0. The van der Waals surface area contributed by atoms with Crippen molar-refractivity contribution in [3.8, 4) is 6.07 Å². The molecule has 5 heteroatoms. The van der Waals surface area contributed by atoms with Crippen molar-refractivity contribution in [3.63, 3.8) is 0 Å². The molecular weight excluding hydrogens is 190 g/mol. The SMILES string of the molecule is N#Cc1c2c(nc3n[nH]c(N)c13)CCC2. The van der Waals surface area contributed by atoms with Crippen LogP contribution in [-0.2, 0) is 12.8 Å². The number of nitriles is 1. The molecule has 3 rings (SSSR count). The summed E-state index contributed by atoms with van der Waals surface area (Å²) in [5, 5.41) is 16.5. The Morgan fingerprint density at radius 3 is 3.07 bits per heavy atom. The maximum Gasteiger partial charge on any atom is 0.184 e. The van der Waals surface area contributed by atoms with Crippen molar-refractivity contribution in [1.82, 2.24) is 15.2 Å². The zero-order valence-electron chi connectivity index (χ0n) is 8.04. The third kappa shape index (κ3) is 0.960. The fourth-order valence-corrected chi connectivity index (χ4v) is 2.20. The maximum atomic E-state index is 9.17. The van der Waals surface area contributed by atoms with Crippen LogP contribution in [0.4, 0.5) is 5.82 Å². The molecule has 1 aliphatic carbocycles. The van der Waals surface area contributed by atoms with Crippen molar-refractivity contribution < 1.29 is 0 Å². The zero-order valence-corrected chi connectivity index (χ0v) is 8.04.